The maximum absolute atomic E-state index is 6.30. The summed E-state index contributed by atoms with van der Waals surface area (Å²) in [6, 6.07) is 0.763. The molecule has 0 aromatic rings. The van der Waals surface area contributed by atoms with E-state index in [1.807, 2.05) is 0 Å². The molecule has 3 aliphatic carbocycles. The van der Waals surface area contributed by atoms with Crippen LogP contribution in [0.1, 0.15) is 72.1 Å². The molecule has 0 amide bonds. The summed E-state index contributed by atoms with van der Waals surface area (Å²) in [7, 11) is 0. The molecule has 0 unspecified atom stereocenters. The maximum atomic E-state index is 6.30. The Kier molecular flexibility index (Phi) is 4.16. The first kappa shape index (κ1) is 14.8. The molecule has 0 radical (unpaired) electrons. The van der Waals surface area contributed by atoms with E-state index < -0.39 is 0 Å². The number of hydrogen-bond donors (Lipinski definition) is 1. The third-order valence-electron chi connectivity index (χ3n) is 7.17. The third-order valence-corrected chi connectivity index (χ3v) is 7.17. The Balaban J connectivity index is 1.41. The van der Waals surface area contributed by atoms with E-state index >= 15 is 0 Å². The number of ether oxygens (including phenoxy) is 1. The first-order valence-electron chi connectivity index (χ1n) is 8.89. The maximum Gasteiger partial charge on any atom is 0.0637 e. The van der Waals surface area contributed by atoms with E-state index in [-0.39, 0.29) is 0 Å². The van der Waals surface area contributed by atoms with E-state index in [4.69, 9.17) is 4.74 Å². The highest BCUT2D eigenvalue weighted by molar-refractivity contribution is 5.11. The molecule has 2 nitrogen and oxygen atoms in total. The molecule has 1 N–H and O–H groups in total. The SMILES string of the molecule is CC1(C)[C@@H]2CC[C@@]1(C)[C@H](OCCNC1CCCCC1)C2. The molecule has 3 rings (SSSR count). The van der Waals surface area contributed by atoms with Crippen molar-refractivity contribution in [2.24, 2.45) is 16.7 Å². The van der Waals surface area contributed by atoms with Crippen molar-refractivity contribution in [3.05, 3.63) is 0 Å². The van der Waals surface area contributed by atoms with Crippen molar-refractivity contribution in [2.45, 2.75) is 84.3 Å². The van der Waals surface area contributed by atoms with Crippen LogP contribution >= 0.6 is 0 Å². The summed E-state index contributed by atoms with van der Waals surface area (Å²) in [5.41, 5.74) is 0.900. The van der Waals surface area contributed by atoms with Crippen molar-refractivity contribution in [3.8, 4) is 0 Å². The Hall–Kier alpha value is -0.0800. The summed E-state index contributed by atoms with van der Waals surface area (Å²) in [4.78, 5) is 0. The lowest BCUT2D eigenvalue weighted by atomic mass is 9.70. The van der Waals surface area contributed by atoms with Gasteiger partial charge >= 0.3 is 0 Å². The fraction of sp³-hybridized carbons (Fsp3) is 1.00. The van der Waals surface area contributed by atoms with Gasteiger partial charge in [-0.25, -0.2) is 0 Å². The molecular formula is C18H33NO. The first-order chi connectivity index (χ1) is 9.54. The number of fused-ring (bicyclic) bond motifs is 2. The largest absolute Gasteiger partial charge is 0.376 e. The average Bonchev–Trinajstić information content (AvgIpc) is 2.78. The van der Waals surface area contributed by atoms with Crippen LogP contribution in [0.3, 0.4) is 0 Å². The fourth-order valence-corrected chi connectivity index (χ4v) is 5.15. The van der Waals surface area contributed by atoms with E-state index in [2.05, 4.69) is 26.1 Å². The minimum absolute atomic E-state index is 0.419. The summed E-state index contributed by atoms with van der Waals surface area (Å²) in [5, 5.41) is 3.70. The van der Waals surface area contributed by atoms with Gasteiger partial charge in [-0.15, -0.1) is 0 Å². The number of nitrogens with one attached hydrogen (secondary N) is 1. The van der Waals surface area contributed by atoms with Crippen molar-refractivity contribution in [1.82, 2.24) is 5.32 Å². The molecular weight excluding hydrogens is 246 g/mol. The summed E-state index contributed by atoms with van der Waals surface area (Å²) < 4.78 is 6.30. The molecule has 116 valence electrons. The van der Waals surface area contributed by atoms with Crippen molar-refractivity contribution in [2.75, 3.05) is 13.2 Å². The van der Waals surface area contributed by atoms with E-state index in [9.17, 15) is 0 Å². The smallest absolute Gasteiger partial charge is 0.0637 e. The van der Waals surface area contributed by atoms with Crippen LogP contribution in [-0.4, -0.2) is 25.3 Å². The molecule has 0 saturated heterocycles. The summed E-state index contributed by atoms with van der Waals surface area (Å²) >= 11 is 0. The van der Waals surface area contributed by atoms with Crippen LogP contribution in [0, 0.1) is 16.7 Å². The molecule has 2 heteroatoms. The zero-order valence-electron chi connectivity index (χ0n) is 13.7. The summed E-state index contributed by atoms with van der Waals surface area (Å²) in [5.74, 6) is 0.892. The van der Waals surface area contributed by atoms with Gasteiger partial charge in [-0.1, -0.05) is 40.0 Å². The van der Waals surface area contributed by atoms with Gasteiger partial charge in [-0.05, 0) is 48.9 Å². The zero-order valence-corrected chi connectivity index (χ0v) is 13.7. The Morgan fingerprint density at radius 1 is 1.05 bits per heavy atom. The normalized spacial score (nSPS) is 40.4. The Bertz CT molecular complexity index is 334. The average molecular weight is 279 g/mol. The van der Waals surface area contributed by atoms with Crippen LogP contribution in [-0.2, 0) is 4.74 Å². The first-order valence-corrected chi connectivity index (χ1v) is 8.89. The molecule has 3 fully saturated rings. The molecule has 0 aliphatic heterocycles. The van der Waals surface area contributed by atoms with Crippen molar-refractivity contribution in [1.29, 1.82) is 0 Å². The molecule has 20 heavy (non-hydrogen) atoms. The predicted molar refractivity (Wildman–Crippen MR) is 83.8 cm³/mol. The Morgan fingerprint density at radius 2 is 1.80 bits per heavy atom. The fourth-order valence-electron chi connectivity index (χ4n) is 5.15. The van der Waals surface area contributed by atoms with Gasteiger partial charge in [-0.2, -0.15) is 0 Å². The van der Waals surface area contributed by atoms with Crippen molar-refractivity contribution >= 4 is 0 Å². The van der Waals surface area contributed by atoms with E-state index in [1.165, 1.54) is 51.4 Å². The standard InChI is InChI=1S/C18H33NO/c1-17(2)14-9-10-18(17,3)16(13-14)20-12-11-19-15-7-5-4-6-8-15/h14-16,19H,4-13H2,1-3H3/t14-,16-,18+/m1/s1. The summed E-state index contributed by atoms with van der Waals surface area (Å²) in [6.45, 7) is 9.35. The molecule has 3 aliphatic rings. The quantitative estimate of drug-likeness (QED) is 0.764. The van der Waals surface area contributed by atoms with Crippen LogP contribution in [0.15, 0.2) is 0 Å². The van der Waals surface area contributed by atoms with Gasteiger partial charge in [0.25, 0.3) is 0 Å². The van der Waals surface area contributed by atoms with Gasteiger partial charge in [0, 0.05) is 12.6 Å². The topological polar surface area (TPSA) is 21.3 Å². The van der Waals surface area contributed by atoms with Crippen molar-refractivity contribution in [3.63, 3.8) is 0 Å². The second kappa shape index (κ2) is 5.61. The van der Waals surface area contributed by atoms with Gasteiger partial charge in [0.2, 0.25) is 0 Å². The van der Waals surface area contributed by atoms with Gasteiger partial charge in [0.05, 0.1) is 12.7 Å². The molecule has 3 atom stereocenters. The second-order valence-electron chi connectivity index (χ2n) is 8.26. The van der Waals surface area contributed by atoms with Gasteiger partial charge in [-0.3, -0.25) is 0 Å². The van der Waals surface area contributed by atoms with Crippen LogP contribution < -0.4 is 5.32 Å². The Morgan fingerprint density at radius 3 is 2.40 bits per heavy atom. The highest BCUT2D eigenvalue weighted by Gasteiger charge is 2.61. The molecule has 0 aromatic heterocycles. The van der Waals surface area contributed by atoms with Gasteiger partial charge in [0.1, 0.15) is 0 Å². The van der Waals surface area contributed by atoms with Gasteiger partial charge in [0.15, 0.2) is 0 Å². The molecule has 2 bridgehead atoms. The van der Waals surface area contributed by atoms with Crippen LogP contribution in [0.4, 0.5) is 0 Å². The van der Waals surface area contributed by atoms with Crippen LogP contribution in [0.5, 0.6) is 0 Å². The highest BCUT2D eigenvalue weighted by Crippen LogP contribution is 2.66. The van der Waals surface area contributed by atoms with Crippen LogP contribution in [0.2, 0.25) is 0 Å². The van der Waals surface area contributed by atoms with E-state index in [0.717, 1.165) is 25.1 Å². The molecule has 3 saturated carbocycles. The van der Waals surface area contributed by atoms with E-state index in [0.29, 0.717) is 16.9 Å². The molecule has 0 spiro atoms. The van der Waals surface area contributed by atoms with Gasteiger partial charge < -0.3 is 10.1 Å². The zero-order chi connectivity index (χ0) is 14.2. The third kappa shape index (κ3) is 2.43. The minimum atomic E-state index is 0.419. The minimum Gasteiger partial charge on any atom is -0.376 e. The number of rotatable bonds is 5. The lowest BCUT2D eigenvalue weighted by Crippen LogP contribution is -2.39. The van der Waals surface area contributed by atoms with Crippen LogP contribution in [0.25, 0.3) is 0 Å². The predicted octanol–water partition coefficient (Wildman–Crippen LogP) is 4.14. The Labute approximate surface area is 125 Å². The molecule has 0 aromatic carbocycles. The monoisotopic (exact) mass is 279 g/mol. The van der Waals surface area contributed by atoms with E-state index in [1.54, 1.807) is 0 Å². The summed E-state index contributed by atoms with van der Waals surface area (Å²) in [6.07, 6.45) is 11.6. The lowest BCUT2D eigenvalue weighted by Gasteiger charge is -2.39. The number of hydrogen-bond acceptors (Lipinski definition) is 2. The second-order valence-corrected chi connectivity index (χ2v) is 8.26. The molecule has 0 heterocycles. The lowest BCUT2D eigenvalue weighted by molar-refractivity contribution is -0.0455. The van der Waals surface area contributed by atoms with Crippen molar-refractivity contribution < 1.29 is 4.74 Å². The highest BCUT2D eigenvalue weighted by atomic mass is 16.5.